The lowest BCUT2D eigenvalue weighted by atomic mass is 10.1. The van der Waals surface area contributed by atoms with Crippen molar-refractivity contribution in [1.82, 2.24) is 0 Å². The number of non-ortho nitro benzene ring substituents is 1. The molecule has 162 valence electrons. The molecule has 1 amide bonds. The maximum absolute atomic E-state index is 12.8. The topological polar surface area (TPSA) is 128 Å². The highest BCUT2D eigenvalue weighted by Crippen LogP contribution is 2.32. The minimum absolute atomic E-state index is 0.0273. The minimum atomic E-state index is -0.521. The molecule has 0 aliphatic rings. The number of carbonyl (C=O) groups is 1. The van der Waals surface area contributed by atoms with Crippen molar-refractivity contribution in [3.63, 3.8) is 0 Å². The lowest BCUT2D eigenvalue weighted by Crippen LogP contribution is -2.11. The van der Waals surface area contributed by atoms with Crippen LogP contribution in [0.3, 0.4) is 0 Å². The Morgan fingerprint density at radius 2 is 1.78 bits per heavy atom. The number of hydrogen-bond donors (Lipinski definition) is 2. The molecule has 9 heteroatoms. The van der Waals surface area contributed by atoms with Gasteiger partial charge in [0.05, 0.1) is 17.7 Å². The van der Waals surface area contributed by atoms with Gasteiger partial charge in [-0.3, -0.25) is 14.9 Å². The number of nitrogens with one attached hydrogen (secondary N) is 1. The molecular weight excluding hydrogens is 416 g/mol. The molecule has 0 fully saturated rings. The van der Waals surface area contributed by atoms with Crippen molar-refractivity contribution in [2.24, 2.45) is 0 Å². The summed E-state index contributed by atoms with van der Waals surface area (Å²) in [6.07, 6.45) is 0. The van der Waals surface area contributed by atoms with E-state index in [4.69, 9.17) is 13.6 Å². The number of anilines is 1. The molecule has 2 aromatic heterocycles. The van der Waals surface area contributed by atoms with E-state index in [0.29, 0.717) is 39.8 Å². The summed E-state index contributed by atoms with van der Waals surface area (Å²) in [7, 11) is 1.48. The first kappa shape index (κ1) is 20.9. The van der Waals surface area contributed by atoms with Crippen molar-refractivity contribution in [3.05, 3.63) is 88.4 Å². The fraction of sp³-hybridized carbons (Fsp3) is 0.0870. The highest BCUT2D eigenvalue weighted by molar-refractivity contribution is 6.03. The summed E-state index contributed by atoms with van der Waals surface area (Å²) in [5.74, 6) is 1.21. The molecule has 0 bridgehead atoms. The Bertz CT molecular complexity index is 1290. The molecular formula is C23H18N2O7. The van der Waals surface area contributed by atoms with Crippen LogP contribution in [0.25, 0.3) is 22.6 Å². The number of carbonyl (C=O) groups excluding carboxylic acids is 1. The van der Waals surface area contributed by atoms with Crippen LogP contribution in [0.4, 0.5) is 11.4 Å². The maximum atomic E-state index is 12.8. The number of nitro benzene ring substituents is 1. The molecule has 0 saturated heterocycles. The number of aliphatic hydroxyl groups excluding tert-OH is 1. The summed E-state index contributed by atoms with van der Waals surface area (Å²) in [5, 5.41) is 22.9. The predicted octanol–water partition coefficient (Wildman–Crippen LogP) is 4.87. The van der Waals surface area contributed by atoms with E-state index >= 15 is 0 Å². The number of aliphatic hydroxyl groups is 1. The summed E-state index contributed by atoms with van der Waals surface area (Å²) < 4.78 is 16.5. The second kappa shape index (κ2) is 8.78. The second-order valence-corrected chi connectivity index (χ2v) is 6.76. The SMILES string of the molecule is COc1ccc(-c2ccc(CO)o2)cc1NC(=O)c1ccc(-c2cccc([N+](=O)[O-])c2)o1. The van der Waals surface area contributed by atoms with Gasteiger partial charge in [0.15, 0.2) is 5.76 Å². The van der Waals surface area contributed by atoms with Gasteiger partial charge in [-0.1, -0.05) is 12.1 Å². The number of nitro groups is 1. The van der Waals surface area contributed by atoms with Crippen molar-refractivity contribution >= 4 is 17.3 Å². The van der Waals surface area contributed by atoms with Gasteiger partial charge in [-0.15, -0.1) is 0 Å². The smallest absolute Gasteiger partial charge is 0.291 e. The monoisotopic (exact) mass is 434 g/mol. The van der Waals surface area contributed by atoms with Crippen LogP contribution in [0.5, 0.6) is 5.75 Å². The van der Waals surface area contributed by atoms with E-state index in [1.807, 2.05) is 0 Å². The summed E-state index contributed by atoms with van der Waals surface area (Å²) in [5.41, 5.74) is 1.48. The molecule has 0 aliphatic carbocycles. The number of furan rings is 2. The number of methoxy groups -OCH3 is 1. The van der Waals surface area contributed by atoms with Gasteiger partial charge in [-0.05, 0) is 42.5 Å². The van der Waals surface area contributed by atoms with E-state index in [1.54, 1.807) is 48.5 Å². The molecule has 0 atom stereocenters. The van der Waals surface area contributed by atoms with E-state index in [1.165, 1.54) is 25.3 Å². The van der Waals surface area contributed by atoms with Crippen LogP contribution >= 0.6 is 0 Å². The Morgan fingerprint density at radius 1 is 1.03 bits per heavy atom. The van der Waals surface area contributed by atoms with Crippen LogP contribution in [0.15, 0.2) is 75.6 Å². The highest BCUT2D eigenvalue weighted by Gasteiger charge is 2.17. The molecule has 0 unspecified atom stereocenters. The minimum Gasteiger partial charge on any atom is -0.495 e. The molecule has 0 aliphatic heterocycles. The van der Waals surface area contributed by atoms with Crippen molar-refractivity contribution < 1.29 is 28.4 Å². The van der Waals surface area contributed by atoms with Crippen LogP contribution in [0.2, 0.25) is 0 Å². The molecule has 4 aromatic rings. The predicted molar refractivity (Wildman–Crippen MR) is 115 cm³/mol. The Morgan fingerprint density at radius 3 is 2.50 bits per heavy atom. The average Bonchev–Trinajstić information content (AvgIpc) is 3.49. The molecule has 9 nitrogen and oxygen atoms in total. The van der Waals surface area contributed by atoms with Gasteiger partial charge in [0.25, 0.3) is 11.6 Å². The zero-order valence-electron chi connectivity index (χ0n) is 16.9. The first-order chi connectivity index (χ1) is 15.5. The first-order valence-electron chi connectivity index (χ1n) is 9.52. The molecule has 0 saturated carbocycles. The third kappa shape index (κ3) is 4.23. The van der Waals surface area contributed by atoms with Gasteiger partial charge in [-0.25, -0.2) is 0 Å². The van der Waals surface area contributed by atoms with Crippen molar-refractivity contribution in [2.45, 2.75) is 6.61 Å². The normalized spacial score (nSPS) is 10.7. The lowest BCUT2D eigenvalue weighted by Gasteiger charge is -2.11. The van der Waals surface area contributed by atoms with Crippen LogP contribution in [-0.2, 0) is 6.61 Å². The number of ether oxygens (including phenoxy) is 1. The standard InChI is InChI=1S/C23H18N2O7/c1-30-21-7-5-15(19-8-6-17(13-26)31-19)12-18(21)24-23(27)22-10-9-20(32-22)14-3-2-4-16(11-14)25(28)29/h2-12,26H,13H2,1H3,(H,24,27). The van der Waals surface area contributed by atoms with Gasteiger partial charge in [0.2, 0.25) is 0 Å². The fourth-order valence-electron chi connectivity index (χ4n) is 3.15. The zero-order valence-corrected chi connectivity index (χ0v) is 16.9. The van der Waals surface area contributed by atoms with Gasteiger partial charge in [0.1, 0.15) is 29.6 Å². The van der Waals surface area contributed by atoms with E-state index < -0.39 is 10.8 Å². The third-order valence-electron chi connectivity index (χ3n) is 4.72. The summed E-state index contributed by atoms with van der Waals surface area (Å²) in [4.78, 5) is 23.3. The Kier molecular flexibility index (Phi) is 5.73. The maximum Gasteiger partial charge on any atom is 0.291 e. The fourth-order valence-corrected chi connectivity index (χ4v) is 3.15. The van der Waals surface area contributed by atoms with Crippen LogP contribution < -0.4 is 10.1 Å². The Labute approximate surface area is 182 Å². The van der Waals surface area contributed by atoms with Gasteiger partial charge in [0, 0.05) is 23.3 Å². The van der Waals surface area contributed by atoms with Crippen molar-refractivity contribution in [3.8, 4) is 28.4 Å². The average molecular weight is 434 g/mol. The van der Waals surface area contributed by atoms with Crippen LogP contribution in [0, 0.1) is 10.1 Å². The number of rotatable bonds is 7. The molecule has 2 aromatic carbocycles. The van der Waals surface area contributed by atoms with Crippen molar-refractivity contribution in [2.75, 3.05) is 12.4 Å². The number of benzene rings is 2. The summed E-state index contributed by atoms with van der Waals surface area (Å²) in [6, 6.07) is 17.5. The number of nitrogens with zero attached hydrogens (tertiary/aromatic N) is 1. The van der Waals surface area contributed by atoms with E-state index in [9.17, 15) is 20.0 Å². The number of hydrogen-bond acceptors (Lipinski definition) is 7. The molecule has 2 heterocycles. The van der Waals surface area contributed by atoms with Gasteiger partial charge in [-0.2, -0.15) is 0 Å². The first-order valence-corrected chi connectivity index (χ1v) is 9.52. The Hall–Kier alpha value is -4.37. The lowest BCUT2D eigenvalue weighted by molar-refractivity contribution is -0.384. The largest absolute Gasteiger partial charge is 0.495 e. The van der Waals surface area contributed by atoms with E-state index in [2.05, 4.69) is 5.32 Å². The molecule has 0 radical (unpaired) electrons. The summed E-state index contributed by atoms with van der Waals surface area (Å²) in [6.45, 7) is -0.217. The van der Waals surface area contributed by atoms with Crippen LogP contribution in [0.1, 0.15) is 16.3 Å². The Balaban J connectivity index is 1.58. The highest BCUT2D eigenvalue weighted by atomic mass is 16.6. The van der Waals surface area contributed by atoms with Gasteiger partial charge < -0.3 is 24.0 Å². The molecule has 2 N–H and O–H groups in total. The zero-order chi connectivity index (χ0) is 22.7. The number of amides is 1. The van der Waals surface area contributed by atoms with Crippen LogP contribution in [-0.4, -0.2) is 23.0 Å². The van der Waals surface area contributed by atoms with E-state index in [0.717, 1.165) is 0 Å². The molecule has 0 spiro atoms. The van der Waals surface area contributed by atoms with E-state index in [-0.39, 0.29) is 18.1 Å². The third-order valence-corrected chi connectivity index (χ3v) is 4.72. The van der Waals surface area contributed by atoms with Crippen molar-refractivity contribution in [1.29, 1.82) is 0 Å². The summed E-state index contributed by atoms with van der Waals surface area (Å²) >= 11 is 0. The quantitative estimate of drug-likeness (QED) is 0.314. The molecule has 4 rings (SSSR count). The second-order valence-electron chi connectivity index (χ2n) is 6.76. The molecule has 32 heavy (non-hydrogen) atoms. The van der Waals surface area contributed by atoms with Gasteiger partial charge >= 0.3 is 0 Å².